The zero-order valence-corrected chi connectivity index (χ0v) is 12.1. The summed E-state index contributed by atoms with van der Waals surface area (Å²) >= 11 is 0. The van der Waals surface area contributed by atoms with Crippen molar-refractivity contribution >= 4 is 20.8 Å². The second-order valence-electron chi connectivity index (χ2n) is 5.07. The molecule has 20 heavy (non-hydrogen) atoms. The quantitative estimate of drug-likeness (QED) is 0.930. The first-order chi connectivity index (χ1) is 9.57. The summed E-state index contributed by atoms with van der Waals surface area (Å²) in [5.41, 5.74) is 0.728. The van der Waals surface area contributed by atoms with E-state index in [1.807, 2.05) is 24.3 Å². The topological polar surface area (TPSA) is 68.5 Å². The highest BCUT2D eigenvalue weighted by atomic mass is 32.2. The second-order valence-corrected chi connectivity index (χ2v) is 7.30. The van der Waals surface area contributed by atoms with E-state index in [2.05, 4.69) is 5.32 Å². The third kappa shape index (κ3) is 2.66. The smallest absolute Gasteiger partial charge is 0.176 e. The average Bonchev–Trinajstić information content (AvgIpc) is 2.98. The number of hydrogen-bond acceptors (Lipinski definition) is 5. The van der Waals surface area contributed by atoms with Gasteiger partial charge < -0.3 is 14.5 Å². The van der Waals surface area contributed by atoms with Crippen LogP contribution in [-0.4, -0.2) is 33.1 Å². The van der Waals surface area contributed by atoms with E-state index in [0.29, 0.717) is 18.7 Å². The van der Waals surface area contributed by atoms with Gasteiger partial charge in [-0.1, -0.05) is 12.1 Å². The lowest BCUT2D eigenvalue weighted by Gasteiger charge is -2.08. The molecule has 1 aromatic carbocycles. The van der Waals surface area contributed by atoms with E-state index in [4.69, 9.17) is 9.15 Å². The fraction of sp³-hybridized carbons (Fsp3) is 0.429. The molecule has 0 amide bonds. The third-order valence-corrected chi connectivity index (χ3v) is 5.34. The number of ether oxygens (including phenoxy) is 1. The number of hydrogen-bond donors (Lipinski definition) is 1. The molecule has 1 saturated heterocycles. The second kappa shape index (κ2) is 5.10. The van der Waals surface area contributed by atoms with Crippen LogP contribution in [-0.2, 0) is 16.4 Å². The summed E-state index contributed by atoms with van der Waals surface area (Å²) in [7, 11) is -1.24. The molecule has 3 rings (SSSR count). The van der Waals surface area contributed by atoms with Crippen LogP contribution in [0, 0.1) is 0 Å². The molecule has 1 atom stereocenters. The summed E-state index contributed by atoms with van der Waals surface area (Å²) in [4.78, 5) is 0. The maximum Gasteiger partial charge on any atom is 0.176 e. The maximum absolute atomic E-state index is 11.4. The van der Waals surface area contributed by atoms with Crippen molar-refractivity contribution in [3.8, 4) is 5.75 Å². The van der Waals surface area contributed by atoms with Gasteiger partial charge in [0.05, 0.1) is 25.2 Å². The molecular formula is C14H17NO4S. The van der Waals surface area contributed by atoms with Gasteiger partial charge in [-0.05, 0) is 18.6 Å². The number of furan rings is 1. The molecule has 1 unspecified atom stereocenters. The van der Waals surface area contributed by atoms with Gasteiger partial charge in [-0.25, -0.2) is 8.42 Å². The first kappa shape index (κ1) is 13.5. The summed E-state index contributed by atoms with van der Waals surface area (Å²) in [5, 5.41) is 4.22. The average molecular weight is 295 g/mol. The minimum Gasteiger partial charge on any atom is -0.493 e. The number of methoxy groups -OCH3 is 1. The maximum atomic E-state index is 11.4. The number of sulfone groups is 1. The standard InChI is InChI=1S/C14H17NO4S/c1-18-13-4-2-3-10-7-12(19-14(10)13)8-15-11-5-6-20(16,17)9-11/h2-4,7,11,15H,5-6,8-9H2,1H3. The Morgan fingerprint density at radius 1 is 1.45 bits per heavy atom. The SMILES string of the molecule is COc1cccc2cc(CNC3CCS(=O)(=O)C3)oc12. The molecule has 0 spiro atoms. The summed E-state index contributed by atoms with van der Waals surface area (Å²) in [6, 6.07) is 7.71. The van der Waals surface area contributed by atoms with Crippen LogP contribution >= 0.6 is 0 Å². The minimum atomic E-state index is -2.85. The molecule has 1 fully saturated rings. The first-order valence-electron chi connectivity index (χ1n) is 6.56. The van der Waals surface area contributed by atoms with E-state index >= 15 is 0 Å². The summed E-state index contributed by atoms with van der Waals surface area (Å²) < 4.78 is 33.8. The third-order valence-electron chi connectivity index (χ3n) is 3.58. The Balaban J connectivity index is 1.72. The Kier molecular flexibility index (Phi) is 3.43. The number of para-hydroxylation sites is 1. The van der Waals surface area contributed by atoms with Gasteiger partial charge in [0.25, 0.3) is 0 Å². The van der Waals surface area contributed by atoms with Crippen LogP contribution in [0.2, 0.25) is 0 Å². The predicted octanol–water partition coefficient (Wildman–Crippen LogP) is 1.72. The van der Waals surface area contributed by atoms with Crippen molar-refractivity contribution in [3.05, 3.63) is 30.0 Å². The lowest BCUT2D eigenvalue weighted by molar-refractivity contribution is 0.404. The molecule has 6 heteroatoms. The molecule has 1 aliphatic rings. The molecule has 0 saturated carbocycles. The van der Waals surface area contributed by atoms with Crippen LogP contribution in [0.15, 0.2) is 28.7 Å². The van der Waals surface area contributed by atoms with Gasteiger partial charge in [0, 0.05) is 11.4 Å². The van der Waals surface area contributed by atoms with Crippen molar-refractivity contribution in [2.45, 2.75) is 19.0 Å². The van der Waals surface area contributed by atoms with Gasteiger partial charge in [0.15, 0.2) is 21.2 Å². The van der Waals surface area contributed by atoms with Gasteiger partial charge >= 0.3 is 0 Å². The Morgan fingerprint density at radius 3 is 3.00 bits per heavy atom. The molecule has 0 bridgehead atoms. The van der Waals surface area contributed by atoms with Crippen LogP contribution in [0.4, 0.5) is 0 Å². The summed E-state index contributed by atoms with van der Waals surface area (Å²) in [6.07, 6.45) is 0.673. The molecule has 1 aliphatic heterocycles. The van der Waals surface area contributed by atoms with Gasteiger partial charge in [0.2, 0.25) is 0 Å². The van der Waals surface area contributed by atoms with Crippen molar-refractivity contribution in [1.29, 1.82) is 0 Å². The van der Waals surface area contributed by atoms with E-state index in [0.717, 1.165) is 16.7 Å². The van der Waals surface area contributed by atoms with Crippen LogP contribution < -0.4 is 10.1 Å². The Labute approximate surface area is 117 Å². The van der Waals surface area contributed by atoms with Crippen molar-refractivity contribution in [2.24, 2.45) is 0 Å². The zero-order valence-electron chi connectivity index (χ0n) is 11.3. The van der Waals surface area contributed by atoms with Crippen LogP contribution in [0.25, 0.3) is 11.0 Å². The highest BCUT2D eigenvalue weighted by Gasteiger charge is 2.27. The summed E-state index contributed by atoms with van der Waals surface area (Å²) in [6.45, 7) is 0.526. The lowest BCUT2D eigenvalue weighted by atomic mass is 10.2. The van der Waals surface area contributed by atoms with Gasteiger partial charge in [0.1, 0.15) is 5.76 Å². The van der Waals surface area contributed by atoms with E-state index < -0.39 is 9.84 Å². The van der Waals surface area contributed by atoms with Crippen molar-refractivity contribution < 1.29 is 17.6 Å². The van der Waals surface area contributed by atoms with Gasteiger partial charge in [-0.3, -0.25) is 0 Å². The molecule has 1 aromatic heterocycles. The van der Waals surface area contributed by atoms with Crippen LogP contribution in [0.1, 0.15) is 12.2 Å². The van der Waals surface area contributed by atoms with E-state index in [1.54, 1.807) is 7.11 Å². The highest BCUT2D eigenvalue weighted by molar-refractivity contribution is 7.91. The highest BCUT2D eigenvalue weighted by Crippen LogP contribution is 2.28. The normalized spacial score (nSPS) is 21.4. The Hall–Kier alpha value is -1.53. The van der Waals surface area contributed by atoms with Crippen molar-refractivity contribution in [1.82, 2.24) is 5.32 Å². The zero-order chi connectivity index (χ0) is 14.2. The summed E-state index contributed by atoms with van der Waals surface area (Å²) in [5.74, 6) is 1.99. The number of nitrogens with one attached hydrogen (secondary N) is 1. The molecule has 2 heterocycles. The molecule has 2 aromatic rings. The first-order valence-corrected chi connectivity index (χ1v) is 8.39. The van der Waals surface area contributed by atoms with Gasteiger partial charge in [-0.15, -0.1) is 0 Å². The predicted molar refractivity (Wildman–Crippen MR) is 76.7 cm³/mol. The van der Waals surface area contributed by atoms with Crippen LogP contribution in [0.3, 0.4) is 0 Å². The number of benzene rings is 1. The largest absolute Gasteiger partial charge is 0.493 e. The van der Waals surface area contributed by atoms with Crippen molar-refractivity contribution in [2.75, 3.05) is 18.6 Å². The molecule has 0 radical (unpaired) electrons. The fourth-order valence-corrected chi connectivity index (χ4v) is 4.25. The minimum absolute atomic E-state index is 0.0232. The molecule has 0 aliphatic carbocycles. The fourth-order valence-electron chi connectivity index (χ4n) is 2.54. The lowest BCUT2D eigenvalue weighted by Crippen LogP contribution is -2.29. The monoisotopic (exact) mass is 295 g/mol. The van der Waals surface area contributed by atoms with E-state index in [1.165, 1.54) is 0 Å². The Morgan fingerprint density at radius 2 is 2.30 bits per heavy atom. The van der Waals surface area contributed by atoms with E-state index in [9.17, 15) is 8.42 Å². The van der Waals surface area contributed by atoms with Crippen LogP contribution in [0.5, 0.6) is 5.75 Å². The number of rotatable bonds is 4. The molecule has 1 N–H and O–H groups in total. The van der Waals surface area contributed by atoms with E-state index in [-0.39, 0.29) is 17.5 Å². The number of fused-ring (bicyclic) bond motifs is 1. The molecule has 108 valence electrons. The Bertz CT molecular complexity index is 720. The molecule has 5 nitrogen and oxygen atoms in total. The molecular weight excluding hydrogens is 278 g/mol. The van der Waals surface area contributed by atoms with Crippen molar-refractivity contribution in [3.63, 3.8) is 0 Å². The van der Waals surface area contributed by atoms with Gasteiger partial charge in [-0.2, -0.15) is 0 Å².